The molecule has 0 aromatic heterocycles. The Kier molecular flexibility index (Phi) is 57.8. The molecule has 2 saturated heterocycles. The van der Waals surface area contributed by atoms with E-state index in [9.17, 15) is 45.6 Å². The van der Waals surface area contributed by atoms with Gasteiger partial charge >= 0.3 is 0 Å². The van der Waals surface area contributed by atoms with Crippen molar-refractivity contribution in [2.45, 2.75) is 447 Å². The van der Waals surface area contributed by atoms with Crippen molar-refractivity contribution in [3.05, 3.63) is 12.2 Å². The first-order valence-corrected chi connectivity index (χ1v) is 38.9. The van der Waals surface area contributed by atoms with E-state index < -0.39 is 86.8 Å². The Balaban J connectivity index is 1.61. The summed E-state index contributed by atoms with van der Waals surface area (Å²) in [4.78, 5) is 13.4. The van der Waals surface area contributed by atoms with Crippen LogP contribution in [0.4, 0.5) is 0 Å². The molecule has 0 bridgehead atoms. The molecule has 12 atom stereocenters. The maximum atomic E-state index is 13.4. The van der Waals surface area contributed by atoms with Crippen molar-refractivity contribution >= 4 is 5.91 Å². The molecule has 2 heterocycles. The molecule has 0 radical (unpaired) electrons. The number of carbonyl (C=O) groups excluding carboxylic acids is 1. The normalized spacial score (nSPS) is 22.9. The Bertz CT molecular complexity index is 1560. The first-order valence-electron chi connectivity index (χ1n) is 38.9. The van der Waals surface area contributed by atoms with Gasteiger partial charge in [-0.25, -0.2) is 0 Å². The Hall–Kier alpha value is -1.27. The average Bonchev–Trinajstić information content (AvgIpc) is 1.42. The number of hydrogen-bond acceptors (Lipinski definition) is 13. The molecule has 534 valence electrons. The minimum Gasteiger partial charge on any atom is -0.394 e. The van der Waals surface area contributed by atoms with Gasteiger partial charge < -0.3 is 65.1 Å². The van der Waals surface area contributed by atoms with E-state index in [1.165, 1.54) is 295 Å². The topological polar surface area (TPSA) is 228 Å². The lowest BCUT2D eigenvalue weighted by Crippen LogP contribution is -2.65. The molecule has 2 aliphatic rings. The highest BCUT2D eigenvalue weighted by Crippen LogP contribution is 2.30. The van der Waals surface area contributed by atoms with E-state index in [1.807, 2.05) is 0 Å². The first kappa shape index (κ1) is 84.8. The van der Waals surface area contributed by atoms with E-state index in [0.29, 0.717) is 12.8 Å². The molecule has 12 unspecified atom stereocenters. The van der Waals surface area contributed by atoms with Gasteiger partial charge in [0.1, 0.15) is 48.8 Å². The number of carbonyl (C=O) groups is 1. The van der Waals surface area contributed by atoms with E-state index in [1.54, 1.807) is 0 Å². The second kappa shape index (κ2) is 61.3. The molecule has 90 heavy (non-hydrogen) atoms. The Morgan fingerprint density at radius 1 is 0.389 bits per heavy atom. The number of aliphatic hydroxyl groups is 8. The summed E-state index contributed by atoms with van der Waals surface area (Å²) >= 11 is 0. The monoisotopic (exact) mass is 1280 g/mol. The van der Waals surface area contributed by atoms with E-state index >= 15 is 0 Å². The number of nitrogens with one attached hydrogen (secondary N) is 1. The number of allylic oxidation sites excluding steroid dienone is 2. The van der Waals surface area contributed by atoms with Crippen molar-refractivity contribution in [2.75, 3.05) is 19.8 Å². The van der Waals surface area contributed by atoms with Gasteiger partial charge in [-0.1, -0.05) is 341 Å². The summed E-state index contributed by atoms with van der Waals surface area (Å²) in [5.74, 6) is -0.197. The zero-order valence-electron chi connectivity index (χ0n) is 58.4. The van der Waals surface area contributed by atoms with E-state index in [0.717, 1.165) is 51.4 Å². The van der Waals surface area contributed by atoms with Crippen molar-refractivity contribution in [1.82, 2.24) is 5.32 Å². The Morgan fingerprint density at radius 3 is 1.06 bits per heavy atom. The van der Waals surface area contributed by atoms with E-state index in [-0.39, 0.29) is 12.5 Å². The molecule has 14 nitrogen and oxygen atoms in total. The zero-order valence-corrected chi connectivity index (χ0v) is 58.4. The molecule has 0 saturated carbocycles. The summed E-state index contributed by atoms with van der Waals surface area (Å²) in [6, 6.07) is -0.827. The standard InChI is InChI=1S/C76H147NO13/c1-3-5-7-9-11-13-15-17-19-21-23-25-27-29-30-31-32-33-34-36-38-40-42-44-46-48-50-52-54-56-58-60-68(81)77-64(63-87-75-73(86)71(84)74(67(62-79)89-75)90-76-72(85)70(83)69(82)66(61-78)88-76)65(80)59-57-55-53-51-49-47-45-43-41-39-37-35-28-26-24-22-20-18-16-14-12-10-8-6-4-2/h21,23,64-67,69-76,78-80,82-86H,3-20,22,24-63H2,1-2H3,(H,77,81)/b23-21-. The molecular formula is C76H147NO13. The van der Waals surface area contributed by atoms with Crippen LogP contribution in [-0.2, 0) is 23.7 Å². The van der Waals surface area contributed by atoms with E-state index in [4.69, 9.17) is 18.9 Å². The maximum Gasteiger partial charge on any atom is 0.220 e. The molecule has 0 spiro atoms. The molecule has 0 aromatic carbocycles. The van der Waals surface area contributed by atoms with Gasteiger partial charge in [0.05, 0.1) is 32.0 Å². The van der Waals surface area contributed by atoms with Crippen molar-refractivity contribution in [3.8, 4) is 0 Å². The molecule has 2 aliphatic heterocycles. The van der Waals surface area contributed by atoms with Gasteiger partial charge in [0.25, 0.3) is 0 Å². The highest BCUT2D eigenvalue weighted by Gasteiger charge is 2.51. The molecular weight excluding hydrogens is 1130 g/mol. The molecule has 0 aromatic rings. The van der Waals surface area contributed by atoms with Crippen molar-refractivity contribution in [2.24, 2.45) is 0 Å². The minimum absolute atomic E-state index is 0.197. The molecule has 1 amide bonds. The largest absolute Gasteiger partial charge is 0.394 e. The van der Waals surface area contributed by atoms with Gasteiger partial charge in [-0.05, 0) is 38.5 Å². The van der Waals surface area contributed by atoms with Gasteiger partial charge in [0.15, 0.2) is 12.6 Å². The van der Waals surface area contributed by atoms with Crippen LogP contribution in [0.15, 0.2) is 12.2 Å². The third-order valence-corrected chi connectivity index (χ3v) is 19.5. The molecule has 2 rings (SSSR count). The van der Waals surface area contributed by atoms with Crippen LogP contribution in [-0.4, -0.2) is 140 Å². The van der Waals surface area contributed by atoms with Crippen molar-refractivity contribution < 1.29 is 64.6 Å². The van der Waals surface area contributed by atoms with Gasteiger partial charge in [-0.2, -0.15) is 0 Å². The summed E-state index contributed by atoms with van der Waals surface area (Å²) in [7, 11) is 0. The van der Waals surface area contributed by atoms with Gasteiger partial charge in [0, 0.05) is 6.42 Å². The smallest absolute Gasteiger partial charge is 0.220 e. The fraction of sp³-hybridized carbons (Fsp3) is 0.961. The highest BCUT2D eigenvalue weighted by atomic mass is 16.7. The van der Waals surface area contributed by atoms with Crippen LogP contribution in [0.25, 0.3) is 0 Å². The van der Waals surface area contributed by atoms with Crippen LogP contribution < -0.4 is 5.32 Å². The second-order valence-electron chi connectivity index (χ2n) is 27.8. The quantitative estimate of drug-likeness (QED) is 0.0204. The predicted molar refractivity (Wildman–Crippen MR) is 369 cm³/mol. The van der Waals surface area contributed by atoms with Gasteiger partial charge in [-0.15, -0.1) is 0 Å². The van der Waals surface area contributed by atoms with Crippen LogP contribution in [0.2, 0.25) is 0 Å². The highest BCUT2D eigenvalue weighted by molar-refractivity contribution is 5.76. The number of unbranched alkanes of at least 4 members (excludes halogenated alkanes) is 51. The average molecular weight is 1280 g/mol. The number of rotatable bonds is 66. The first-order chi connectivity index (χ1) is 44.1. The number of ether oxygens (including phenoxy) is 4. The van der Waals surface area contributed by atoms with Crippen LogP contribution in [0.3, 0.4) is 0 Å². The molecule has 14 heteroatoms. The van der Waals surface area contributed by atoms with Gasteiger partial charge in [0.2, 0.25) is 5.91 Å². The molecule has 2 fully saturated rings. The van der Waals surface area contributed by atoms with Crippen molar-refractivity contribution in [3.63, 3.8) is 0 Å². The van der Waals surface area contributed by atoms with Crippen molar-refractivity contribution in [1.29, 1.82) is 0 Å². The predicted octanol–water partition coefficient (Wildman–Crippen LogP) is 16.9. The fourth-order valence-electron chi connectivity index (χ4n) is 13.3. The zero-order chi connectivity index (χ0) is 65.2. The number of aliphatic hydroxyl groups excluding tert-OH is 8. The lowest BCUT2D eigenvalue weighted by Gasteiger charge is -2.46. The summed E-state index contributed by atoms with van der Waals surface area (Å²) in [5.41, 5.74) is 0. The maximum absolute atomic E-state index is 13.4. The van der Waals surface area contributed by atoms with E-state index in [2.05, 4.69) is 31.3 Å². The van der Waals surface area contributed by atoms with Gasteiger partial charge in [-0.3, -0.25) is 4.79 Å². The lowest BCUT2D eigenvalue weighted by atomic mass is 9.97. The van der Waals surface area contributed by atoms with Crippen LogP contribution >= 0.6 is 0 Å². The minimum atomic E-state index is -1.78. The SMILES string of the molecule is CCCCCCCCCC/C=C\CCCCCCCCCCCCCCCCCCCCCC(=O)NC(COC1OC(CO)C(OC2OC(CO)C(O)C(O)C2O)C(O)C1O)C(O)CCCCCCCCCCCCCCCCCCCCCCCCCCC. The Morgan fingerprint density at radius 2 is 0.700 bits per heavy atom. The summed E-state index contributed by atoms with van der Waals surface area (Å²) in [5, 5.41) is 87.8. The summed E-state index contributed by atoms with van der Waals surface area (Å²) in [6.45, 7) is 2.93. The van der Waals surface area contributed by atoms with Crippen LogP contribution in [0, 0.1) is 0 Å². The third-order valence-electron chi connectivity index (χ3n) is 19.5. The summed E-state index contributed by atoms with van der Waals surface area (Å²) < 4.78 is 23.0. The van der Waals surface area contributed by atoms with Crippen LogP contribution in [0.1, 0.15) is 373 Å². The summed E-state index contributed by atoms with van der Waals surface area (Å²) in [6.07, 6.45) is 59.6. The molecule has 9 N–H and O–H groups in total. The fourth-order valence-corrected chi connectivity index (χ4v) is 13.3. The Labute approximate surface area is 552 Å². The third kappa shape index (κ3) is 44.5. The number of amides is 1. The number of hydrogen-bond donors (Lipinski definition) is 9. The molecule has 0 aliphatic carbocycles. The second-order valence-corrected chi connectivity index (χ2v) is 27.8. The lowest BCUT2D eigenvalue weighted by molar-refractivity contribution is -0.359. The van der Waals surface area contributed by atoms with Crippen LogP contribution in [0.5, 0.6) is 0 Å².